The molecule has 2 heterocycles. The lowest BCUT2D eigenvalue weighted by Gasteiger charge is -2.38. The number of fused-ring (bicyclic) bond motifs is 2. The predicted octanol–water partition coefficient (Wildman–Crippen LogP) is 6.58. The van der Waals surface area contributed by atoms with Crippen LogP contribution in [0.3, 0.4) is 0 Å². The topological polar surface area (TPSA) is 51.6 Å². The Balaban J connectivity index is 1.47. The Kier molecular flexibility index (Phi) is 5.19. The third-order valence-corrected chi connectivity index (χ3v) is 6.50. The van der Waals surface area contributed by atoms with Gasteiger partial charge in [0.15, 0.2) is 5.88 Å². The molecule has 1 aliphatic heterocycles. The number of hydrogen-bond donors (Lipinski definition) is 2. The van der Waals surface area contributed by atoms with Gasteiger partial charge < -0.3 is 15.0 Å². The van der Waals surface area contributed by atoms with Gasteiger partial charge in [0.25, 0.3) is 0 Å². The molecule has 5 rings (SSSR count). The average Bonchev–Trinajstić information content (AvgIpc) is 3.11. The van der Waals surface area contributed by atoms with Gasteiger partial charge in [-0.25, -0.2) is 0 Å². The number of H-pyrrole nitrogens is 1. The second-order valence-electron chi connectivity index (χ2n) is 8.51. The van der Waals surface area contributed by atoms with E-state index in [2.05, 4.69) is 16.1 Å². The zero-order chi connectivity index (χ0) is 22.3. The molecule has 0 radical (unpaired) electrons. The van der Waals surface area contributed by atoms with Crippen molar-refractivity contribution in [1.82, 2.24) is 4.98 Å². The summed E-state index contributed by atoms with van der Waals surface area (Å²) in [7, 11) is 0. The summed E-state index contributed by atoms with van der Waals surface area (Å²) in [4.78, 5) is 8.94. The van der Waals surface area contributed by atoms with E-state index >= 15 is 0 Å². The molecule has 1 unspecified atom stereocenters. The zero-order valence-corrected chi connectivity index (χ0v) is 17.5. The second kappa shape index (κ2) is 8.04. The highest BCUT2D eigenvalue weighted by molar-refractivity contribution is 6.02. The molecule has 2 aliphatic rings. The van der Waals surface area contributed by atoms with Gasteiger partial charge in [-0.3, -0.25) is 4.99 Å². The number of aliphatic imine (C=N–C) groups is 1. The Bertz CT molecular complexity index is 1210. The Morgan fingerprint density at radius 1 is 1.12 bits per heavy atom. The number of anilines is 1. The van der Waals surface area contributed by atoms with Crippen LogP contribution >= 0.6 is 0 Å². The molecule has 0 spiro atoms. The molecule has 32 heavy (non-hydrogen) atoms. The first-order valence-corrected chi connectivity index (χ1v) is 10.9. The Labute approximate surface area is 184 Å². The van der Waals surface area contributed by atoms with Crippen LogP contribution < -0.4 is 4.90 Å². The smallest absolute Gasteiger partial charge is 0.418 e. The number of aromatic hydroxyl groups is 1. The Hall–Kier alpha value is -3.22. The van der Waals surface area contributed by atoms with Gasteiger partial charge in [-0.15, -0.1) is 0 Å². The normalized spacial score (nSPS) is 19.4. The van der Waals surface area contributed by atoms with Crippen LogP contribution in [-0.2, 0) is 6.18 Å². The van der Waals surface area contributed by atoms with E-state index in [1.165, 1.54) is 24.3 Å². The number of para-hydroxylation sites is 1. The number of benzene rings is 2. The summed E-state index contributed by atoms with van der Waals surface area (Å²) >= 11 is 0. The predicted molar refractivity (Wildman–Crippen MR) is 121 cm³/mol. The molecule has 7 heteroatoms. The molecule has 2 N–H and O–H groups in total. The van der Waals surface area contributed by atoms with Gasteiger partial charge >= 0.3 is 6.18 Å². The molecule has 3 aromatic rings. The first-order chi connectivity index (χ1) is 15.4. The van der Waals surface area contributed by atoms with Gasteiger partial charge in [-0.05, 0) is 55.9 Å². The highest BCUT2D eigenvalue weighted by Crippen LogP contribution is 2.42. The summed E-state index contributed by atoms with van der Waals surface area (Å²) in [5.74, 6) is 0.452. The molecule has 1 saturated heterocycles. The van der Waals surface area contributed by atoms with Crippen LogP contribution in [0.2, 0.25) is 0 Å². The third-order valence-electron chi connectivity index (χ3n) is 6.50. The molecule has 1 aromatic heterocycles. The summed E-state index contributed by atoms with van der Waals surface area (Å²) in [5.41, 5.74) is 2.18. The minimum absolute atomic E-state index is 0.0637. The number of rotatable bonds is 3. The minimum atomic E-state index is -4.48. The number of hydrogen-bond acceptors (Lipinski definition) is 3. The number of halogens is 3. The molecule has 0 bridgehead atoms. The summed E-state index contributed by atoms with van der Waals surface area (Å²) < 4.78 is 41.9. The third kappa shape index (κ3) is 3.87. The van der Waals surface area contributed by atoms with Crippen molar-refractivity contribution in [2.24, 2.45) is 10.9 Å². The zero-order valence-electron chi connectivity index (χ0n) is 17.5. The number of nitrogens with zero attached hydrogens (tertiary/aromatic N) is 2. The lowest BCUT2D eigenvalue weighted by Crippen LogP contribution is -2.37. The van der Waals surface area contributed by atoms with E-state index in [1.807, 2.05) is 29.2 Å². The van der Waals surface area contributed by atoms with Gasteiger partial charge in [0.1, 0.15) is 0 Å². The Morgan fingerprint density at radius 3 is 2.81 bits per heavy atom. The van der Waals surface area contributed by atoms with Crippen molar-refractivity contribution in [3.05, 3.63) is 65.2 Å². The maximum Gasteiger partial charge on any atom is 0.418 e. The van der Waals surface area contributed by atoms with Crippen LogP contribution in [0, 0.1) is 5.92 Å². The van der Waals surface area contributed by atoms with Crippen LogP contribution in [0.1, 0.15) is 36.8 Å². The molecule has 166 valence electrons. The van der Waals surface area contributed by atoms with Crippen LogP contribution in [0.15, 0.2) is 59.1 Å². The van der Waals surface area contributed by atoms with Crippen LogP contribution in [0.4, 0.5) is 24.5 Å². The highest BCUT2D eigenvalue weighted by atomic mass is 19.4. The van der Waals surface area contributed by atoms with E-state index in [0.717, 1.165) is 36.2 Å². The SMILES string of the molecule is Oc1[nH]c2ccccc2c1C=Nc1ccc(N2CCC3CCCC=C3C2)c(C(F)(F)F)c1. The van der Waals surface area contributed by atoms with E-state index in [4.69, 9.17) is 0 Å². The summed E-state index contributed by atoms with van der Waals surface area (Å²) in [6, 6.07) is 11.5. The summed E-state index contributed by atoms with van der Waals surface area (Å²) in [6.45, 7) is 1.18. The van der Waals surface area contributed by atoms with Crippen molar-refractivity contribution in [2.45, 2.75) is 31.9 Å². The van der Waals surface area contributed by atoms with E-state index in [1.54, 1.807) is 6.07 Å². The molecular formula is C25H24F3N3O. The van der Waals surface area contributed by atoms with Gasteiger partial charge in [0.05, 0.1) is 16.8 Å². The maximum absolute atomic E-state index is 14.0. The lowest BCUT2D eigenvalue weighted by atomic mass is 9.82. The van der Waals surface area contributed by atoms with Gasteiger partial charge in [-0.2, -0.15) is 13.2 Å². The van der Waals surface area contributed by atoms with Crippen LogP contribution in [0.5, 0.6) is 5.88 Å². The van der Waals surface area contributed by atoms with E-state index in [9.17, 15) is 18.3 Å². The minimum Gasteiger partial charge on any atom is -0.494 e. The molecule has 1 fully saturated rings. The van der Waals surface area contributed by atoms with Crippen molar-refractivity contribution in [3.63, 3.8) is 0 Å². The number of aromatic nitrogens is 1. The van der Waals surface area contributed by atoms with Crippen LogP contribution in [-0.4, -0.2) is 29.4 Å². The monoisotopic (exact) mass is 439 g/mol. The van der Waals surface area contributed by atoms with Gasteiger partial charge in [-0.1, -0.05) is 29.8 Å². The fourth-order valence-electron chi connectivity index (χ4n) is 4.87. The molecule has 0 saturated carbocycles. The molecule has 1 aliphatic carbocycles. The fourth-order valence-corrected chi connectivity index (χ4v) is 4.87. The number of allylic oxidation sites excluding steroid dienone is 1. The molecule has 4 nitrogen and oxygen atoms in total. The van der Waals surface area contributed by atoms with Gasteiger partial charge in [0, 0.05) is 35.9 Å². The number of aromatic amines is 1. The molecule has 1 atom stereocenters. The average molecular weight is 439 g/mol. The van der Waals surface area contributed by atoms with Gasteiger partial charge in [0.2, 0.25) is 0 Å². The maximum atomic E-state index is 14.0. The Morgan fingerprint density at radius 2 is 1.97 bits per heavy atom. The number of alkyl halides is 3. The van der Waals surface area contributed by atoms with E-state index in [0.29, 0.717) is 24.6 Å². The lowest BCUT2D eigenvalue weighted by molar-refractivity contribution is -0.137. The quantitative estimate of drug-likeness (QED) is 0.358. The van der Waals surface area contributed by atoms with Crippen LogP contribution in [0.25, 0.3) is 10.9 Å². The van der Waals surface area contributed by atoms with Crippen molar-refractivity contribution in [2.75, 3.05) is 18.0 Å². The molecule has 0 amide bonds. The number of nitrogens with one attached hydrogen (secondary N) is 1. The van der Waals surface area contributed by atoms with Crippen molar-refractivity contribution in [1.29, 1.82) is 0 Å². The first-order valence-electron chi connectivity index (χ1n) is 10.9. The summed E-state index contributed by atoms with van der Waals surface area (Å²) in [6.07, 6.45) is 3.34. The summed E-state index contributed by atoms with van der Waals surface area (Å²) in [5, 5.41) is 10.9. The highest BCUT2D eigenvalue weighted by Gasteiger charge is 2.36. The van der Waals surface area contributed by atoms with Crippen molar-refractivity contribution < 1.29 is 18.3 Å². The molecular weight excluding hydrogens is 415 g/mol. The largest absolute Gasteiger partial charge is 0.494 e. The first kappa shape index (κ1) is 20.7. The van der Waals surface area contributed by atoms with E-state index < -0.39 is 11.7 Å². The molecule has 2 aromatic carbocycles. The van der Waals surface area contributed by atoms with E-state index in [-0.39, 0.29) is 17.3 Å². The fraction of sp³-hybridized carbons (Fsp3) is 0.320. The van der Waals surface area contributed by atoms with Crippen molar-refractivity contribution >= 4 is 28.5 Å². The second-order valence-corrected chi connectivity index (χ2v) is 8.51. The standard InChI is InChI=1S/C25H24F3N3O/c26-25(27,28)21-13-18(29-14-20-19-7-3-4-8-22(19)30-24(20)32)9-10-23(21)31-12-11-16-5-1-2-6-17(16)15-31/h3-4,6-10,13-14,16,30,32H,1-2,5,11-12,15H2. The number of piperidine rings is 1. The van der Waals surface area contributed by atoms with Crippen molar-refractivity contribution in [3.8, 4) is 5.88 Å².